The predicted molar refractivity (Wildman–Crippen MR) is 110 cm³/mol. The van der Waals surface area contributed by atoms with Crippen LogP contribution in [0.2, 0.25) is 0 Å². The van der Waals surface area contributed by atoms with Gasteiger partial charge in [0.05, 0.1) is 0 Å². The van der Waals surface area contributed by atoms with Crippen molar-refractivity contribution in [3.05, 3.63) is 77.4 Å². The third kappa shape index (κ3) is 2.60. The van der Waals surface area contributed by atoms with Crippen LogP contribution in [0.1, 0.15) is 32.8 Å². The van der Waals surface area contributed by atoms with Gasteiger partial charge in [-0.05, 0) is 53.9 Å². The highest BCUT2D eigenvalue weighted by Crippen LogP contribution is 2.70. The van der Waals surface area contributed by atoms with E-state index in [1.165, 1.54) is 16.7 Å². The summed E-state index contributed by atoms with van der Waals surface area (Å²) in [5.41, 5.74) is 4.45. The molecule has 5 rings (SSSR count). The molecule has 0 N–H and O–H groups in total. The standard InChI is InChI=1S/C25H27NO2/c1-16-14-19-21(25(19,2)3)20(16)22-23(28-18-12-8-5-9-13-18)24(27)26(22)15-17-10-6-4-7-11-17/h4-13,19,21-23H,14-15H2,1-3H3/t19-,21-,22-,23+/m0/s1. The Hall–Kier alpha value is -2.55. The summed E-state index contributed by atoms with van der Waals surface area (Å²) < 4.78 is 6.21. The molecule has 1 aliphatic heterocycles. The number of fused-ring (bicyclic) bond motifs is 1. The van der Waals surface area contributed by atoms with Gasteiger partial charge in [0.2, 0.25) is 6.10 Å². The zero-order valence-corrected chi connectivity index (χ0v) is 16.8. The highest BCUT2D eigenvalue weighted by Gasteiger charge is 2.67. The molecule has 28 heavy (non-hydrogen) atoms. The summed E-state index contributed by atoms with van der Waals surface area (Å²) in [6, 6.07) is 20.1. The summed E-state index contributed by atoms with van der Waals surface area (Å²) in [7, 11) is 0. The van der Waals surface area contributed by atoms with Crippen molar-refractivity contribution in [1.29, 1.82) is 0 Å². The van der Waals surface area contributed by atoms with E-state index in [1.54, 1.807) is 0 Å². The van der Waals surface area contributed by atoms with Crippen molar-refractivity contribution in [1.82, 2.24) is 4.90 Å². The largest absolute Gasteiger partial charge is 0.478 e. The fraction of sp³-hybridized carbons (Fsp3) is 0.400. The molecule has 2 aliphatic carbocycles. The van der Waals surface area contributed by atoms with Gasteiger partial charge in [0, 0.05) is 6.54 Å². The summed E-state index contributed by atoms with van der Waals surface area (Å²) in [5, 5.41) is 0. The Kier molecular flexibility index (Phi) is 3.90. The Morgan fingerprint density at radius 2 is 1.68 bits per heavy atom. The van der Waals surface area contributed by atoms with Gasteiger partial charge in [0.15, 0.2) is 0 Å². The van der Waals surface area contributed by atoms with E-state index in [0.717, 1.165) is 18.1 Å². The number of β-lactam (4-membered cyclic amide) rings is 1. The first-order valence-electron chi connectivity index (χ1n) is 10.2. The summed E-state index contributed by atoms with van der Waals surface area (Å²) in [6.45, 7) is 7.63. The summed E-state index contributed by atoms with van der Waals surface area (Å²) in [5.74, 6) is 2.19. The lowest BCUT2D eigenvalue weighted by Crippen LogP contribution is -2.67. The minimum absolute atomic E-state index is 0.0460. The smallest absolute Gasteiger partial charge is 0.267 e. The fourth-order valence-corrected chi connectivity index (χ4v) is 5.46. The van der Waals surface area contributed by atoms with Crippen LogP contribution < -0.4 is 4.74 Å². The Bertz CT molecular complexity index is 880. The van der Waals surface area contributed by atoms with Crippen molar-refractivity contribution in [3.63, 3.8) is 0 Å². The van der Waals surface area contributed by atoms with Gasteiger partial charge in [0.25, 0.3) is 5.91 Å². The van der Waals surface area contributed by atoms with Gasteiger partial charge in [-0.2, -0.15) is 0 Å². The molecule has 0 aromatic heterocycles. The van der Waals surface area contributed by atoms with Crippen LogP contribution >= 0.6 is 0 Å². The molecule has 3 aliphatic rings. The topological polar surface area (TPSA) is 29.5 Å². The molecule has 0 spiro atoms. The molecular formula is C25H27NO2. The summed E-state index contributed by atoms with van der Waals surface area (Å²) in [4.78, 5) is 15.1. The van der Waals surface area contributed by atoms with Crippen molar-refractivity contribution in [2.75, 3.05) is 0 Å². The average molecular weight is 373 g/mol. The number of amides is 1. The van der Waals surface area contributed by atoms with Gasteiger partial charge in [0.1, 0.15) is 11.8 Å². The minimum Gasteiger partial charge on any atom is -0.478 e. The van der Waals surface area contributed by atoms with Crippen molar-refractivity contribution in [3.8, 4) is 5.75 Å². The Morgan fingerprint density at radius 3 is 2.32 bits per heavy atom. The Morgan fingerprint density at radius 1 is 1.04 bits per heavy atom. The molecule has 1 heterocycles. The monoisotopic (exact) mass is 373 g/mol. The number of benzene rings is 2. The third-order valence-corrected chi connectivity index (χ3v) is 7.07. The zero-order chi connectivity index (χ0) is 19.5. The first kappa shape index (κ1) is 17.5. The maximum atomic E-state index is 13.1. The number of carbonyl (C=O) groups is 1. The molecule has 4 atom stereocenters. The highest BCUT2D eigenvalue weighted by atomic mass is 16.5. The molecular weight excluding hydrogens is 346 g/mol. The molecule has 0 unspecified atom stereocenters. The van der Waals surface area contributed by atoms with Crippen LogP contribution in [0.25, 0.3) is 0 Å². The van der Waals surface area contributed by atoms with Gasteiger partial charge < -0.3 is 9.64 Å². The molecule has 0 radical (unpaired) electrons. The molecule has 0 bridgehead atoms. The number of rotatable bonds is 5. The van der Waals surface area contributed by atoms with E-state index < -0.39 is 6.10 Å². The van der Waals surface area contributed by atoms with Crippen molar-refractivity contribution < 1.29 is 9.53 Å². The van der Waals surface area contributed by atoms with Crippen LogP contribution in [-0.2, 0) is 11.3 Å². The van der Waals surface area contributed by atoms with Gasteiger partial charge in [-0.25, -0.2) is 0 Å². The molecule has 3 heteroatoms. The lowest BCUT2D eigenvalue weighted by Gasteiger charge is -2.48. The van der Waals surface area contributed by atoms with Gasteiger partial charge >= 0.3 is 0 Å². The number of para-hydroxylation sites is 1. The molecule has 2 aromatic carbocycles. The SMILES string of the molecule is CC1=C([C@H]2[C@@H](Oc3ccccc3)C(=O)N2Cc2ccccc2)[C@@H]2[C@H](C1)C2(C)C. The second-order valence-corrected chi connectivity index (χ2v) is 9.09. The van der Waals surface area contributed by atoms with Crippen LogP contribution in [0, 0.1) is 17.3 Å². The second kappa shape index (κ2) is 6.23. The first-order valence-corrected chi connectivity index (χ1v) is 10.2. The lowest BCUT2D eigenvalue weighted by molar-refractivity contribution is -0.161. The van der Waals surface area contributed by atoms with Gasteiger partial charge in [-0.1, -0.05) is 68.0 Å². The molecule has 2 fully saturated rings. The zero-order valence-electron chi connectivity index (χ0n) is 16.8. The first-order chi connectivity index (χ1) is 13.5. The van der Waals surface area contributed by atoms with Crippen LogP contribution in [0.5, 0.6) is 5.75 Å². The second-order valence-electron chi connectivity index (χ2n) is 9.09. The molecule has 1 amide bonds. The van der Waals surface area contributed by atoms with E-state index >= 15 is 0 Å². The molecule has 2 aromatic rings. The molecule has 144 valence electrons. The molecule has 3 nitrogen and oxygen atoms in total. The number of hydrogen-bond donors (Lipinski definition) is 0. The number of likely N-dealkylation sites (tertiary alicyclic amines) is 1. The van der Waals surface area contributed by atoms with E-state index in [2.05, 4.69) is 32.9 Å². The van der Waals surface area contributed by atoms with Crippen molar-refractivity contribution in [2.45, 2.75) is 45.9 Å². The third-order valence-electron chi connectivity index (χ3n) is 7.07. The average Bonchev–Trinajstić information content (AvgIpc) is 3.04. The van der Waals surface area contributed by atoms with Crippen molar-refractivity contribution >= 4 is 5.91 Å². The number of ether oxygens (including phenoxy) is 1. The summed E-state index contributed by atoms with van der Waals surface area (Å²) in [6.07, 6.45) is 0.751. The number of allylic oxidation sites excluding steroid dienone is 1. The number of nitrogens with zero attached hydrogens (tertiary/aromatic N) is 1. The highest BCUT2D eigenvalue weighted by molar-refractivity contribution is 5.90. The van der Waals surface area contributed by atoms with Crippen LogP contribution in [0.3, 0.4) is 0 Å². The lowest BCUT2D eigenvalue weighted by atomic mass is 9.83. The number of carbonyl (C=O) groups excluding carboxylic acids is 1. The van der Waals surface area contributed by atoms with E-state index in [1.807, 2.05) is 53.4 Å². The molecule has 1 saturated heterocycles. The van der Waals surface area contributed by atoms with E-state index in [0.29, 0.717) is 17.9 Å². The quantitative estimate of drug-likeness (QED) is 0.554. The van der Waals surface area contributed by atoms with E-state index in [9.17, 15) is 4.79 Å². The van der Waals surface area contributed by atoms with Gasteiger partial charge in [-0.15, -0.1) is 0 Å². The van der Waals surface area contributed by atoms with Gasteiger partial charge in [-0.3, -0.25) is 4.79 Å². The van der Waals surface area contributed by atoms with Crippen LogP contribution in [0.4, 0.5) is 0 Å². The maximum absolute atomic E-state index is 13.1. The number of hydrogen-bond acceptors (Lipinski definition) is 2. The summed E-state index contributed by atoms with van der Waals surface area (Å²) >= 11 is 0. The van der Waals surface area contributed by atoms with Crippen LogP contribution in [0.15, 0.2) is 71.8 Å². The Labute approximate surface area is 167 Å². The van der Waals surface area contributed by atoms with Crippen molar-refractivity contribution in [2.24, 2.45) is 17.3 Å². The Balaban J connectivity index is 1.46. The molecule has 1 saturated carbocycles. The van der Waals surface area contributed by atoms with Crippen LogP contribution in [-0.4, -0.2) is 23.0 Å². The van der Waals surface area contributed by atoms with E-state index in [-0.39, 0.29) is 11.9 Å². The minimum atomic E-state index is -0.411. The fourth-order valence-electron chi connectivity index (χ4n) is 5.46. The maximum Gasteiger partial charge on any atom is 0.267 e. The van der Waals surface area contributed by atoms with E-state index in [4.69, 9.17) is 4.74 Å². The predicted octanol–water partition coefficient (Wildman–Crippen LogP) is 4.84. The normalized spacial score (nSPS) is 30.1.